The molecule has 1 saturated heterocycles. The zero-order valence-electron chi connectivity index (χ0n) is 9.59. The molecule has 0 saturated carbocycles. The lowest BCUT2D eigenvalue weighted by atomic mass is 9.90. The van der Waals surface area contributed by atoms with Crippen LogP contribution in [0.1, 0.15) is 40.0 Å². The van der Waals surface area contributed by atoms with Crippen LogP contribution >= 0.6 is 0 Å². The van der Waals surface area contributed by atoms with E-state index < -0.39 is 0 Å². The molecular weight excluding hydrogens is 174 g/mol. The van der Waals surface area contributed by atoms with E-state index in [1.165, 1.54) is 19.3 Å². The molecule has 1 fully saturated rings. The number of likely N-dealkylation sites (tertiary alicyclic amines) is 1. The van der Waals surface area contributed by atoms with Gasteiger partial charge in [0.25, 0.3) is 0 Å². The molecule has 82 valence electrons. The van der Waals surface area contributed by atoms with Gasteiger partial charge in [-0.3, -0.25) is 10.3 Å². The van der Waals surface area contributed by atoms with Crippen LogP contribution < -0.4 is 5.73 Å². The molecule has 3 atom stereocenters. The van der Waals surface area contributed by atoms with E-state index >= 15 is 0 Å². The Bertz CT molecular complexity index is 203. The van der Waals surface area contributed by atoms with Gasteiger partial charge in [0.15, 0.2) is 0 Å². The molecule has 0 aliphatic carbocycles. The fraction of sp³-hybridized carbons (Fsp3) is 0.909. The first kappa shape index (κ1) is 11.5. The second kappa shape index (κ2) is 4.78. The number of rotatable bonds is 3. The summed E-state index contributed by atoms with van der Waals surface area (Å²) in [7, 11) is 0. The number of nitrogens with zero attached hydrogens (tertiary/aromatic N) is 1. The van der Waals surface area contributed by atoms with E-state index in [9.17, 15) is 0 Å². The van der Waals surface area contributed by atoms with E-state index in [-0.39, 0.29) is 6.04 Å². The lowest BCUT2D eigenvalue weighted by Gasteiger charge is -2.41. The van der Waals surface area contributed by atoms with Crippen molar-refractivity contribution in [2.45, 2.75) is 52.1 Å². The summed E-state index contributed by atoms with van der Waals surface area (Å²) >= 11 is 0. The molecule has 1 rings (SSSR count). The van der Waals surface area contributed by atoms with Crippen LogP contribution in [0.4, 0.5) is 0 Å². The van der Waals surface area contributed by atoms with Gasteiger partial charge in [0.05, 0.1) is 6.04 Å². The number of nitrogens with one attached hydrogen (secondary N) is 1. The van der Waals surface area contributed by atoms with Crippen LogP contribution in [-0.4, -0.2) is 29.4 Å². The van der Waals surface area contributed by atoms with E-state index in [1.54, 1.807) is 0 Å². The van der Waals surface area contributed by atoms with E-state index in [2.05, 4.69) is 18.7 Å². The summed E-state index contributed by atoms with van der Waals surface area (Å²) in [6.07, 6.45) is 3.82. The summed E-state index contributed by atoms with van der Waals surface area (Å²) in [4.78, 5) is 2.38. The summed E-state index contributed by atoms with van der Waals surface area (Å²) in [5.74, 6) is 1.10. The molecule has 3 N–H and O–H groups in total. The first-order chi connectivity index (χ1) is 6.56. The Morgan fingerprint density at radius 1 is 1.57 bits per heavy atom. The summed E-state index contributed by atoms with van der Waals surface area (Å²) in [6.45, 7) is 7.64. The third-order valence-corrected chi connectivity index (χ3v) is 3.55. The van der Waals surface area contributed by atoms with Gasteiger partial charge in [-0.1, -0.05) is 13.3 Å². The Balaban J connectivity index is 2.60. The second-order valence-corrected chi connectivity index (χ2v) is 4.53. The molecule has 0 bridgehead atoms. The van der Waals surface area contributed by atoms with Crippen LogP contribution in [0.15, 0.2) is 0 Å². The Morgan fingerprint density at radius 2 is 2.21 bits per heavy atom. The van der Waals surface area contributed by atoms with Gasteiger partial charge in [0, 0.05) is 12.6 Å². The van der Waals surface area contributed by atoms with Crippen LogP contribution in [0.5, 0.6) is 0 Å². The molecule has 0 radical (unpaired) electrons. The van der Waals surface area contributed by atoms with Crippen LogP contribution in [0, 0.1) is 11.3 Å². The first-order valence-corrected chi connectivity index (χ1v) is 5.65. The van der Waals surface area contributed by atoms with Crippen LogP contribution in [0.25, 0.3) is 0 Å². The average molecular weight is 197 g/mol. The van der Waals surface area contributed by atoms with Crippen molar-refractivity contribution in [2.75, 3.05) is 6.54 Å². The van der Waals surface area contributed by atoms with Gasteiger partial charge >= 0.3 is 0 Å². The van der Waals surface area contributed by atoms with Gasteiger partial charge in [0.1, 0.15) is 5.84 Å². The summed E-state index contributed by atoms with van der Waals surface area (Å²) in [5, 5.41) is 7.49. The maximum Gasteiger partial charge on any atom is 0.108 e. The highest BCUT2D eigenvalue weighted by atomic mass is 15.2. The Hall–Kier alpha value is -0.570. The predicted molar refractivity (Wildman–Crippen MR) is 60.6 cm³/mol. The van der Waals surface area contributed by atoms with Gasteiger partial charge < -0.3 is 5.73 Å². The van der Waals surface area contributed by atoms with Crippen molar-refractivity contribution in [2.24, 2.45) is 11.7 Å². The molecule has 0 aromatic heterocycles. The standard InChI is InChI=1S/C11H23N3/c1-4-10-6-5-8(2)14(7-10)9(3)11(12)13/h8-10H,4-7H2,1-3H3,(H3,12,13)/t8-,9?,10-/m1/s1. The highest BCUT2D eigenvalue weighted by molar-refractivity contribution is 5.82. The van der Waals surface area contributed by atoms with Gasteiger partial charge in [0.2, 0.25) is 0 Å². The topological polar surface area (TPSA) is 53.1 Å². The zero-order chi connectivity index (χ0) is 10.7. The van der Waals surface area contributed by atoms with Crippen molar-refractivity contribution >= 4 is 5.84 Å². The van der Waals surface area contributed by atoms with Crippen molar-refractivity contribution in [3.63, 3.8) is 0 Å². The van der Waals surface area contributed by atoms with Gasteiger partial charge in [-0.25, -0.2) is 0 Å². The molecule has 1 unspecified atom stereocenters. The quantitative estimate of drug-likeness (QED) is 0.535. The minimum Gasteiger partial charge on any atom is -0.386 e. The van der Waals surface area contributed by atoms with Crippen molar-refractivity contribution < 1.29 is 0 Å². The largest absolute Gasteiger partial charge is 0.386 e. The monoisotopic (exact) mass is 197 g/mol. The molecule has 0 aromatic carbocycles. The average Bonchev–Trinajstić information content (AvgIpc) is 2.17. The fourth-order valence-electron chi connectivity index (χ4n) is 2.26. The predicted octanol–water partition coefficient (Wildman–Crippen LogP) is 1.82. The SMILES string of the molecule is CC[C@@H]1CC[C@@H](C)N(C(C)C(=N)N)C1. The highest BCUT2D eigenvalue weighted by Crippen LogP contribution is 2.25. The maximum absolute atomic E-state index is 7.49. The van der Waals surface area contributed by atoms with Crippen LogP contribution in [0.3, 0.4) is 0 Å². The Kier molecular flexibility index (Phi) is 3.93. The highest BCUT2D eigenvalue weighted by Gasteiger charge is 2.28. The smallest absolute Gasteiger partial charge is 0.108 e. The molecule has 3 heteroatoms. The molecule has 1 aliphatic rings. The summed E-state index contributed by atoms with van der Waals surface area (Å²) in [5.41, 5.74) is 5.56. The lowest BCUT2D eigenvalue weighted by molar-refractivity contribution is 0.102. The van der Waals surface area contributed by atoms with Crippen molar-refractivity contribution in [1.82, 2.24) is 4.90 Å². The van der Waals surface area contributed by atoms with Gasteiger partial charge in [-0.2, -0.15) is 0 Å². The van der Waals surface area contributed by atoms with E-state index in [4.69, 9.17) is 11.1 Å². The third-order valence-electron chi connectivity index (χ3n) is 3.55. The lowest BCUT2D eigenvalue weighted by Crippen LogP contribution is -2.51. The molecule has 0 aromatic rings. The third kappa shape index (κ3) is 2.47. The molecular formula is C11H23N3. The molecule has 3 nitrogen and oxygen atoms in total. The Labute approximate surface area is 87.2 Å². The second-order valence-electron chi connectivity index (χ2n) is 4.53. The zero-order valence-corrected chi connectivity index (χ0v) is 9.59. The number of hydrogen-bond donors (Lipinski definition) is 2. The van der Waals surface area contributed by atoms with Crippen molar-refractivity contribution in [3.8, 4) is 0 Å². The molecule has 1 heterocycles. The maximum atomic E-state index is 7.49. The molecule has 0 spiro atoms. The molecule has 14 heavy (non-hydrogen) atoms. The van der Waals surface area contributed by atoms with Gasteiger partial charge in [-0.15, -0.1) is 0 Å². The minimum absolute atomic E-state index is 0.111. The normalized spacial score (nSPS) is 31.4. The van der Waals surface area contributed by atoms with Crippen LogP contribution in [0.2, 0.25) is 0 Å². The fourth-order valence-corrected chi connectivity index (χ4v) is 2.26. The van der Waals surface area contributed by atoms with E-state index in [1.807, 2.05) is 6.92 Å². The number of amidine groups is 1. The van der Waals surface area contributed by atoms with Crippen molar-refractivity contribution in [3.05, 3.63) is 0 Å². The van der Waals surface area contributed by atoms with E-state index in [0.29, 0.717) is 11.9 Å². The van der Waals surface area contributed by atoms with Crippen LogP contribution in [-0.2, 0) is 0 Å². The van der Waals surface area contributed by atoms with E-state index in [0.717, 1.165) is 12.5 Å². The van der Waals surface area contributed by atoms with Crippen molar-refractivity contribution in [1.29, 1.82) is 5.41 Å². The van der Waals surface area contributed by atoms with Gasteiger partial charge in [-0.05, 0) is 32.6 Å². The number of hydrogen-bond acceptors (Lipinski definition) is 2. The summed E-state index contributed by atoms with van der Waals surface area (Å²) < 4.78 is 0. The molecule has 1 aliphatic heterocycles. The number of nitrogens with two attached hydrogens (primary N) is 1. The summed E-state index contributed by atoms with van der Waals surface area (Å²) in [6, 6.07) is 0.691. The minimum atomic E-state index is 0.111. The number of piperidine rings is 1. The molecule has 0 amide bonds. The first-order valence-electron chi connectivity index (χ1n) is 5.65. The Morgan fingerprint density at radius 3 is 2.71 bits per heavy atom.